The van der Waals surface area contributed by atoms with E-state index in [-0.39, 0.29) is 24.7 Å². The number of alkyl halides is 6. The number of hydrogen-bond acceptors (Lipinski definition) is 4. The molecule has 4 nitrogen and oxygen atoms in total. The maximum absolute atomic E-state index is 13.2. The zero-order chi connectivity index (χ0) is 21.7. The lowest BCUT2D eigenvalue weighted by atomic mass is 10.1. The SMILES string of the molecule is CCOc1ccc(OBOc2ccc(OCC)cc2C(F)(F)F)c(C(F)(F)F)c1. The summed E-state index contributed by atoms with van der Waals surface area (Å²) in [6.07, 6.45) is -9.50. The number of halogens is 6. The molecule has 2 aromatic rings. The quantitative estimate of drug-likeness (QED) is 0.431. The second-order valence-corrected chi connectivity index (χ2v) is 5.58. The molecule has 158 valence electrons. The Labute approximate surface area is 163 Å². The highest BCUT2D eigenvalue weighted by Crippen LogP contribution is 2.40. The van der Waals surface area contributed by atoms with Crippen molar-refractivity contribution in [3.63, 3.8) is 0 Å². The van der Waals surface area contributed by atoms with Crippen LogP contribution in [-0.2, 0) is 12.4 Å². The molecular formula is C18H17BF6O4. The normalized spacial score (nSPS) is 11.7. The molecule has 0 spiro atoms. The van der Waals surface area contributed by atoms with Crippen LogP contribution < -0.4 is 18.8 Å². The molecule has 0 amide bonds. The fourth-order valence-electron chi connectivity index (χ4n) is 2.38. The van der Waals surface area contributed by atoms with Crippen LogP contribution in [0.3, 0.4) is 0 Å². The van der Waals surface area contributed by atoms with Gasteiger partial charge in [0, 0.05) is 0 Å². The Kier molecular flexibility index (Phi) is 7.15. The van der Waals surface area contributed by atoms with E-state index in [9.17, 15) is 26.3 Å². The van der Waals surface area contributed by atoms with E-state index in [0.29, 0.717) is 0 Å². The van der Waals surface area contributed by atoms with Crippen molar-refractivity contribution < 1.29 is 45.1 Å². The van der Waals surface area contributed by atoms with Crippen molar-refractivity contribution in [3.05, 3.63) is 47.5 Å². The lowest BCUT2D eigenvalue weighted by Crippen LogP contribution is -2.17. The summed E-state index contributed by atoms with van der Waals surface area (Å²) in [6.45, 7) is 3.55. The van der Waals surface area contributed by atoms with E-state index in [1.165, 1.54) is 12.1 Å². The largest absolute Gasteiger partial charge is 0.576 e. The molecule has 0 N–H and O–H groups in total. The summed E-state index contributed by atoms with van der Waals surface area (Å²) in [7, 11) is -0.867. The predicted octanol–water partition coefficient (Wildman–Crippen LogP) is 5.25. The highest BCUT2D eigenvalue weighted by Gasteiger charge is 2.36. The summed E-state index contributed by atoms with van der Waals surface area (Å²) in [4.78, 5) is 0. The Hall–Kier alpha value is -2.72. The Morgan fingerprint density at radius 2 is 1.07 bits per heavy atom. The zero-order valence-electron chi connectivity index (χ0n) is 15.5. The Bertz CT molecular complexity index is 755. The van der Waals surface area contributed by atoms with Crippen LogP contribution in [0.15, 0.2) is 36.4 Å². The second-order valence-electron chi connectivity index (χ2n) is 5.58. The van der Waals surface area contributed by atoms with Gasteiger partial charge in [-0.25, -0.2) is 0 Å². The smallest absolute Gasteiger partial charge is 0.528 e. The van der Waals surface area contributed by atoms with Gasteiger partial charge < -0.3 is 18.8 Å². The summed E-state index contributed by atoms with van der Waals surface area (Å²) in [5.41, 5.74) is -2.26. The van der Waals surface area contributed by atoms with Crippen LogP contribution in [0.1, 0.15) is 25.0 Å². The average molecular weight is 422 g/mol. The summed E-state index contributed by atoms with van der Waals surface area (Å²) in [5, 5.41) is 0. The number of hydrogen-bond donors (Lipinski definition) is 0. The van der Waals surface area contributed by atoms with Gasteiger partial charge in [-0.2, -0.15) is 26.3 Å². The monoisotopic (exact) mass is 422 g/mol. The molecule has 0 atom stereocenters. The summed E-state index contributed by atoms with van der Waals surface area (Å²) >= 11 is 0. The Morgan fingerprint density at radius 1 is 0.690 bits per heavy atom. The van der Waals surface area contributed by atoms with E-state index < -0.39 is 42.7 Å². The minimum absolute atomic E-state index is 0.0148. The lowest BCUT2D eigenvalue weighted by Gasteiger charge is -2.17. The van der Waals surface area contributed by atoms with E-state index in [1.54, 1.807) is 13.8 Å². The van der Waals surface area contributed by atoms with Gasteiger partial charge in [0.1, 0.15) is 23.0 Å². The third-order valence-corrected chi connectivity index (χ3v) is 3.56. The molecule has 29 heavy (non-hydrogen) atoms. The number of benzene rings is 2. The summed E-state index contributed by atoms with van der Waals surface area (Å²) < 4.78 is 99.3. The van der Waals surface area contributed by atoms with Crippen LogP contribution in [0, 0.1) is 0 Å². The molecule has 0 radical (unpaired) electrons. The number of rotatable bonds is 8. The Balaban J connectivity index is 2.19. The van der Waals surface area contributed by atoms with Gasteiger partial charge in [0.2, 0.25) is 0 Å². The molecule has 11 heteroatoms. The van der Waals surface area contributed by atoms with Crippen LogP contribution in [0.4, 0.5) is 26.3 Å². The lowest BCUT2D eigenvalue weighted by molar-refractivity contribution is -0.139. The summed E-state index contributed by atoms with van der Waals surface area (Å²) in [6, 6.07) is 6.03. The molecule has 0 aliphatic rings. The van der Waals surface area contributed by atoms with Gasteiger partial charge in [0.05, 0.1) is 24.3 Å². The molecule has 0 heterocycles. The van der Waals surface area contributed by atoms with Crippen molar-refractivity contribution in [2.45, 2.75) is 26.2 Å². The van der Waals surface area contributed by atoms with Gasteiger partial charge in [0.25, 0.3) is 0 Å². The summed E-state index contributed by atoms with van der Waals surface area (Å²) in [5.74, 6) is -1.22. The average Bonchev–Trinajstić information content (AvgIpc) is 2.62. The minimum atomic E-state index is -4.75. The van der Waals surface area contributed by atoms with Crippen molar-refractivity contribution in [1.82, 2.24) is 0 Å². The van der Waals surface area contributed by atoms with E-state index in [1.807, 2.05) is 0 Å². The van der Waals surface area contributed by atoms with Crippen LogP contribution in [0.5, 0.6) is 23.0 Å². The van der Waals surface area contributed by atoms with E-state index in [0.717, 1.165) is 24.3 Å². The first-order valence-electron chi connectivity index (χ1n) is 8.50. The Morgan fingerprint density at radius 3 is 1.38 bits per heavy atom. The molecule has 0 saturated carbocycles. The second kappa shape index (κ2) is 9.19. The van der Waals surface area contributed by atoms with Crippen molar-refractivity contribution in [1.29, 1.82) is 0 Å². The van der Waals surface area contributed by atoms with Crippen LogP contribution in [-0.4, -0.2) is 20.9 Å². The standard InChI is InChI=1S/C18H17BF6O4/c1-3-26-11-5-7-15(13(9-11)17(20,21)22)28-19-29-16-8-6-12(27-4-2)10-14(16)18(23,24)25/h5-10,19H,3-4H2,1-2H3. The fourth-order valence-corrected chi connectivity index (χ4v) is 2.38. The van der Waals surface area contributed by atoms with Crippen molar-refractivity contribution >= 4 is 7.69 Å². The van der Waals surface area contributed by atoms with Crippen LogP contribution in [0.25, 0.3) is 0 Å². The highest BCUT2D eigenvalue weighted by molar-refractivity contribution is 6.20. The van der Waals surface area contributed by atoms with Crippen LogP contribution in [0.2, 0.25) is 0 Å². The molecule has 2 aromatic carbocycles. The fraction of sp³-hybridized carbons (Fsp3) is 0.333. The molecule has 0 fully saturated rings. The molecular weight excluding hydrogens is 405 g/mol. The first-order chi connectivity index (χ1) is 13.6. The van der Waals surface area contributed by atoms with E-state index in [2.05, 4.69) is 0 Å². The third-order valence-electron chi connectivity index (χ3n) is 3.56. The number of ether oxygens (including phenoxy) is 2. The first-order valence-corrected chi connectivity index (χ1v) is 8.50. The topological polar surface area (TPSA) is 36.9 Å². The van der Waals surface area contributed by atoms with Gasteiger partial charge in [-0.1, -0.05) is 0 Å². The van der Waals surface area contributed by atoms with Crippen molar-refractivity contribution in [3.8, 4) is 23.0 Å². The zero-order valence-corrected chi connectivity index (χ0v) is 15.5. The van der Waals surface area contributed by atoms with E-state index >= 15 is 0 Å². The molecule has 0 unspecified atom stereocenters. The van der Waals surface area contributed by atoms with Gasteiger partial charge in [0.15, 0.2) is 0 Å². The molecule has 0 bridgehead atoms. The maximum Gasteiger partial charge on any atom is 0.576 e. The van der Waals surface area contributed by atoms with Gasteiger partial charge >= 0.3 is 20.0 Å². The van der Waals surface area contributed by atoms with Crippen molar-refractivity contribution in [2.75, 3.05) is 13.2 Å². The predicted molar refractivity (Wildman–Crippen MR) is 93.6 cm³/mol. The molecule has 2 rings (SSSR count). The molecule has 0 saturated heterocycles. The minimum Gasteiger partial charge on any atom is -0.528 e. The van der Waals surface area contributed by atoms with Gasteiger partial charge in [-0.15, -0.1) is 0 Å². The maximum atomic E-state index is 13.2. The molecule has 0 aromatic heterocycles. The van der Waals surface area contributed by atoms with Crippen molar-refractivity contribution in [2.24, 2.45) is 0 Å². The van der Waals surface area contributed by atoms with E-state index in [4.69, 9.17) is 18.8 Å². The molecule has 0 aliphatic carbocycles. The van der Waals surface area contributed by atoms with Gasteiger partial charge in [-0.3, -0.25) is 0 Å². The molecule has 0 aliphatic heterocycles. The van der Waals surface area contributed by atoms with Gasteiger partial charge in [-0.05, 0) is 50.2 Å². The van der Waals surface area contributed by atoms with Crippen LogP contribution >= 0.6 is 0 Å². The first kappa shape index (κ1) is 22.6. The third kappa shape index (κ3) is 6.13. The highest BCUT2D eigenvalue weighted by atomic mass is 19.4.